The highest BCUT2D eigenvalue weighted by Gasteiger charge is 2.03. The number of rotatable bonds is 3. The van der Waals surface area contributed by atoms with Gasteiger partial charge in [-0.3, -0.25) is 0 Å². The molecule has 0 amide bonds. The highest BCUT2D eigenvalue weighted by molar-refractivity contribution is 14.1. The lowest BCUT2D eigenvalue weighted by Gasteiger charge is -2.06. The van der Waals surface area contributed by atoms with E-state index in [2.05, 4.69) is 27.7 Å². The number of benzene rings is 1. The molecule has 0 aliphatic rings. The van der Waals surface area contributed by atoms with Crippen molar-refractivity contribution in [2.24, 2.45) is 0 Å². The first-order chi connectivity index (χ1) is 8.56. The minimum atomic E-state index is -0.946. The minimum absolute atomic E-state index is 0.862. The Hall–Kier alpha value is -1.63. The summed E-state index contributed by atoms with van der Waals surface area (Å²) in [5, 5.41) is 12.8. The lowest BCUT2D eigenvalue weighted by atomic mass is 10.1. The van der Waals surface area contributed by atoms with Gasteiger partial charge in [0.15, 0.2) is 0 Å². The number of aliphatic carboxylic acids is 1. The van der Waals surface area contributed by atoms with Crippen LogP contribution in [0.1, 0.15) is 11.1 Å². The maximum atomic E-state index is 10.4. The van der Waals surface area contributed by atoms with E-state index < -0.39 is 5.97 Å². The van der Waals surface area contributed by atoms with Gasteiger partial charge >= 0.3 is 5.97 Å². The molecule has 0 fully saturated rings. The molecule has 0 aliphatic carbocycles. The first-order valence-electron chi connectivity index (χ1n) is 5.28. The maximum Gasteiger partial charge on any atom is 0.328 e. The molecule has 0 spiro atoms. The Labute approximate surface area is 118 Å². The number of carbonyl (C=O) groups is 1. The molecule has 2 aromatic rings. The van der Waals surface area contributed by atoms with Crippen molar-refractivity contribution in [2.45, 2.75) is 6.92 Å². The molecule has 0 saturated carbocycles. The third-order valence-corrected chi connectivity index (χ3v) is 2.99. The molecule has 0 atom stereocenters. The van der Waals surface area contributed by atoms with Crippen LogP contribution < -0.4 is 0 Å². The molecule has 1 aromatic carbocycles. The van der Waals surface area contributed by atoms with Crippen molar-refractivity contribution >= 4 is 34.6 Å². The highest BCUT2D eigenvalue weighted by atomic mass is 127. The van der Waals surface area contributed by atoms with Gasteiger partial charge in [0.25, 0.3) is 0 Å². The Balaban J connectivity index is 2.33. The monoisotopic (exact) mass is 354 g/mol. The Morgan fingerprint density at radius 1 is 1.50 bits per heavy atom. The van der Waals surface area contributed by atoms with Gasteiger partial charge in [-0.2, -0.15) is 5.10 Å². The fourth-order valence-electron chi connectivity index (χ4n) is 1.64. The molecule has 2 rings (SSSR count). The predicted molar refractivity (Wildman–Crippen MR) is 77.7 cm³/mol. The molecule has 0 bridgehead atoms. The van der Waals surface area contributed by atoms with Crippen LogP contribution in [0.25, 0.3) is 11.8 Å². The Kier molecular flexibility index (Phi) is 3.81. The fraction of sp³-hybridized carbons (Fsp3) is 0.0769. The summed E-state index contributed by atoms with van der Waals surface area (Å²) in [6, 6.07) is 5.74. The van der Waals surface area contributed by atoms with Crippen molar-refractivity contribution in [2.75, 3.05) is 0 Å². The number of aryl methyl sites for hydroxylation is 1. The first-order valence-corrected chi connectivity index (χ1v) is 6.36. The Bertz CT molecular complexity index is 617. The molecule has 18 heavy (non-hydrogen) atoms. The Morgan fingerprint density at radius 2 is 2.28 bits per heavy atom. The van der Waals surface area contributed by atoms with Crippen molar-refractivity contribution in [3.05, 3.63) is 51.4 Å². The van der Waals surface area contributed by atoms with Gasteiger partial charge in [0.05, 0.1) is 15.5 Å². The SMILES string of the molecule is Cc1cc(C=CC(=O)O)ccc1-n1cc(I)cn1. The number of halogens is 1. The molecule has 0 unspecified atom stereocenters. The molecule has 92 valence electrons. The summed E-state index contributed by atoms with van der Waals surface area (Å²) in [6.07, 6.45) is 6.44. The molecule has 0 radical (unpaired) electrons. The van der Waals surface area contributed by atoms with Crippen molar-refractivity contribution in [1.82, 2.24) is 9.78 Å². The van der Waals surface area contributed by atoms with E-state index in [1.165, 1.54) is 0 Å². The summed E-state index contributed by atoms with van der Waals surface area (Å²) < 4.78 is 2.88. The van der Waals surface area contributed by atoms with E-state index in [-0.39, 0.29) is 0 Å². The average molecular weight is 354 g/mol. The van der Waals surface area contributed by atoms with Crippen LogP contribution in [0.3, 0.4) is 0 Å². The number of hydrogen-bond acceptors (Lipinski definition) is 2. The number of hydrogen-bond donors (Lipinski definition) is 1. The second-order valence-corrected chi connectivity index (χ2v) is 5.07. The van der Waals surface area contributed by atoms with E-state index in [1.54, 1.807) is 12.3 Å². The number of nitrogens with zero attached hydrogens (tertiary/aromatic N) is 2. The summed E-state index contributed by atoms with van der Waals surface area (Å²) in [7, 11) is 0. The topological polar surface area (TPSA) is 55.1 Å². The van der Waals surface area contributed by atoms with Crippen LogP contribution in [0.15, 0.2) is 36.7 Å². The molecule has 0 saturated heterocycles. The van der Waals surface area contributed by atoms with E-state index in [9.17, 15) is 4.79 Å². The van der Waals surface area contributed by atoms with Crippen LogP contribution >= 0.6 is 22.6 Å². The van der Waals surface area contributed by atoms with Gasteiger partial charge < -0.3 is 5.11 Å². The van der Waals surface area contributed by atoms with E-state index in [4.69, 9.17) is 5.11 Å². The number of aromatic nitrogens is 2. The van der Waals surface area contributed by atoms with Crippen LogP contribution in [0, 0.1) is 10.5 Å². The van der Waals surface area contributed by atoms with Gasteiger partial charge in [-0.15, -0.1) is 0 Å². The standard InChI is InChI=1S/C13H11IN2O2/c1-9-6-10(3-5-13(17)18)2-4-12(9)16-8-11(14)7-15-16/h2-8H,1H3,(H,17,18). The van der Waals surface area contributed by atoms with Crippen molar-refractivity contribution < 1.29 is 9.90 Å². The molecule has 5 heteroatoms. The average Bonchev–Trinajstić information content (AvgIpc) is 2.73. The molecule has 4 nitrogen and oxygen atoms in total. The highest BCUT2D eigenvalue weighted by Crippen LogP contribution is 2.17. The van der Waals surface area contributed by atoms with Crippen molar-refractivity contribution in [3.8, 4) is 5.69 Å². The van der Waals surface area contributed by atoms with Crippen LogP contribution in [0.5, 0.6) is 0 Å². The van der Waals surface area contributed by atoms with Crippen molar-refractivity contribution in [1.29, 1.82) is 0 Å². The summed E-state index contributed by atoms with van der Waals surface area (Å²) >= 11 is 2.21. The van der Waals surface area contributed by atoms with Gasteiger partial charge in [-0.1, -0.05) is 6.07 Å². The zero-order valence-corrected chi connectivity index (χ0v) is 11.8. The summed E-state index contributed by atoms with van der Waals surface area (Å²) in [4.78, 5) is 10.4. The lowest BCUT2D eigenvalue weighted by Crippen LogP contribution is -1.97. The lowest BCUT2D eigenvalue weighted by molar-refractivity contribution is -0.131. The quantitative estimate of drug-likeness (QED) is 0.681. The summed E-state index contributed by atoms with van der Waals surface area (Å²) in [6.45, 7) is 1.97. The third-order valence-electron chi connectivity index (χ3n) is 2.44. The molecule has 1 aromatic heterocycles. The third kappa shape index (κ3) is 2.98. The van der Waals surface area contributed by atoms with Crippen molar-refractivity contribution in [3.63, 3.8) is 0 Å². The summed E-state index contributed by atoms with van der Waals surface area (Å²) in [5.74, 6) is -0.946. The minimum Gasteiger partial charge on any atom is -0.478 e. The van der Waals surface area contributed by atoms with Crippen LogP contribution in [0.2, 0.25) is 0 Å². The molecular weight excluding hydrogens is 343 g/mol. The van der Waals surface area contributed by atoms with E-state index in [0.717, 1.165) is 26.5 Å². The first kappa shape index (κ1) is 12.8. The zero-order valence-electron chi connectivity index (χ0n) is 9.67. The molecule has 1 heterocycles. The van der Waals surface area contributed by atoms with Gasteiger partial charge in [0, 0.05) is 12.3 Å². The van der Waals surface area contributed by atoms with E-state index >= 15 is 0 Å². The maximum absolute atomic E-state index is 10.4. The number of carboxylic acids is 1. The number of carboxylic acid groups (broad SMARTS) is 1. The molecule has 0 aliphatic heterocycles. The normalized spacial score (nSPS) is 11.0. The Morgan fingerprint density at radius 3 is 2.83 bits per heavy atom. The largest absolute Gasteiger partial charge is 0.478 e. The van der Waals surface area contributed by atoms with Gasteiger partial charge in [0.1, 0.15) is 0 Å². The molecular formula is C13H11IN2O2. The summed E-state index contributed by atoms with van der Waals surface area (Å²) in [5.41, 5.74) is 2.90. The molecule has 1 N–H and O–H groups in total. The van der Waals surface area contributed by atoms with Gasteiger partial charge in [0.2, 0.25) is 0 Å². The smallest absolute Gasteiger partial charge is 0.328 e. The second-order valence-electron chi connectivity index (χ2n) is 3.82. The fourth-order valence-corrected chi connectivity index (χ4v) is 2.03. The predicted octanol–water partition coefficient (Wildman–Crippen LogP) is 2.88. The van der Waals surface area contributed by atoms with Crippen LogP contribution in [-0.4, -0.2) is 20.9 Å². The van der Waals surface area contributed by atoms with Crippen LogP contribution in [0.4, 0.5) is 0 Å². The van der Waals surface area contributed by atoms with Gasteiger partial charge in [-0.25, -0.2) is 9.48 Å². The van der Waals surface area contributed by atoms with E-state index in [1.807, 2.05) is 36.0 Å². The van der Waals surface area contributed by atoms with Gasteiger partial charge in [-0.05, 0) is 58.9 Å². The van der Waals surface area contributed by atoms with E-state index in [0.29, 0.717) is 0 Å². The van der Waals surface area contributed by atoms with Crippen LogP contribution in [-0.2, 0) is 4.79 Å². The second kappa shape index (κ2) is 5.34. The zero-order chi connectivity index (χ0) is 13.1.